The number of rotatable bonds is 10. The predicted octanol–water partition coefficient (Wildman–Crippen LogP) is 4.22. The van der Waals surface area contributed by atoms with Crippen molar-refractivity contribution in [1.29, 1.82) is 0 Å². The second-order valence-electron chi connectivity index (χ2n) is 8.42. The van der Waals surface area contributed by atoms with E-state index in [-0.39, 0.29) is 30.7 Å². The lowest BCUT2D eigenvalue weighted by atomic mass is 10.0. The maximum Gasteiger partial charge on any atom is 0.255 e. The third-order valence-corrected chi connectivity index (χ3v) is 7.25. The predicted molar refractivity (Wildman–Crippen MR) is 136 cm³/mol. The number of carbonyl (C=O) groups is 1. The number of aromatic nitrogens is 1. The number of hydrogen-bond donors (Lipinski definition) is 1. The number of halogens is 1. The highest BCUT2D eigenvalue weighted by Crippen LogP contribution is 2.46. The molecule has 8 nitrogen and oxygen atoms in total. The molecule has 0 aliphatic heterocycles. The fraction of sp³-hybridized carbons (Fsp3) is 0.417. The van der Waals surface area contributed by atoms with Crippen LogP contribution in [0.3, 0.4) is 0 Å². The minimum Gasteiger partial charge on any atom is -0.437 e. The maximum absolute atomic E-state index is 12.9. The zero-order valence-electron chi connectivity index (χ0n) is 19.4. The Morgan fingerprint density at radius 3 is 2.56 bits per heavy atom. The monoisotopic (exact) mass is 549 g/mol. The molecular weight excluding hydrogens is 522 g/mol. The van der Waals surface area contributed by atoms with Crippen LogP contribution in [0.1, 0.15) is 40.2 Å². The molecule has 10 heteroatoms. The molecule has 4 rings (SSSR count). The number of nitrogens with one attached hydrogen (secondary N) is 1. The molecule has 2 heterocycles. The number of aryl methyl sites for hydroxylation is 1. The molecule has 2 aromatic heterocycles. The molecule has 0 bridgehead atoms. The zero-order valence-corrected chi connectivity index (χ0v) is 21.8. The van der Waals surface area contributed by atoms with Gasteiger partial charge in [-0.25, -0.2) is 8.42 Å². The average Bonchev–Trinajstić information content (AvgIpc) is 3.58. The largest absolute Gasteiger partial charge is 0.437 e. The molecule has 3 aromatic rings. The first-order valence-corrected chi connectivity index (χ1v) is 14.1. The first kappa shape index (κ1) is 24.7. The number of carbonyl (C=O) groups excluding carboxylic acids is 1. The van der Waals surface area contributed by atoms with Crippen molar-refractivity contribution in [3.05, 3.63) is 47.0 Å². The third-order valence-electron chi connectivity index (χ3n) is 5.77. The molecule has 0 atom stereocenters. The van der Waals surface area contributed by atoms with Crippen LogP contribution in [-0.4, -0.2) is 57.7 Å². The van der Waals surface area contributed by atoms with Crippen LogP contribution in [0.25, 0.3) is 22.4 Å². The van der Waals surface area contributed by atoms with Crippen LogP contribution in [-0.2, 0) is 14.8 Å². The average molecular weight is 550 g/mol. The third kappa shape index (κ3) is 5.13. The number of anilines is 1. The lowest BCUT2D eigenvalue weighted by molar-refractivity contribution is 0.0964. The lowest BCUT2D eigenvalue weighted by Gasteiger charge is -2.23. The molecule has 1 amide bonds. The number of pyridine rings is 1. The van der Waals surface area contributed by atoms with Gasteiger partial charge in [-0.05, 0) is 37.3 Å². The molecule has 34 heavy (non-hydrogen) atoms. The van der Waals surface area contributed by atoms with Gasteiger partial charge in [0.05, 0.1) is 37.0 Å². The quantitative estimate of drug-likeness (QED) is 0.300. The smallest absolute Gasteiger partial charge is 0.255 e. The van der Waals surface area contributed by atoms with E-state index in [9.17, 15) is 13.2 Å². The Balaban J connectivity index is 1.89. The van der Waals surface area contributed by atoms with Crippen LogP contribution in [0.5, 0.6) is 0 Å². The second kappa shape index (κ2) is 10.1. The van der Waals surface area contributed by atoms with Gasteiger partial charge in [0.15, 0.2) is 0 Å². The van der Waals surface area contributed by atoms with Crippen molar-refractivity contribution in [3.63, 3.8) is 0 Å². The summed E-state index contributed by atoms with van der Waals surface area (Å²) in [5.74, 6) is 0.656. The normalized spacial score (nSPS) is 13.9. The number of ether oxygens (including phenoxy) is 1. The molecule has 1 aliphatic carbocycles. The standard InChI is InChI=1S/C24H28BrN3O5S/c1-15-4-6-17(7-5-15)21-20(23(29)26-2)19-14-18(16-8-9-16)22(27-24(19)33-21)28(34(3,30)31)11-13-32-12-10-25/h4-7,14,16H,8-13H2,1-3H3,(H,26,29). The topological polar surface area (TPSA) is 102 Å². The highest BCUT2D eigenvalue weighted by atomic mass is 79.9. The number of fused-ring (bicyclic) bond motifs is 1. The summed E-state index contributed by atoms with van der Waals surface area (Å²) in [6, 6.07) is 9.56. The fourth-order valence-corrected chi connectivity index (χ4v) is 5.01. The van der Waals surface area contributed by atoms with Gasteiger partial charge in [-0.3, -0.25) is 9.10 Å². The molecule has 182 valence electrons. The van der Waals surface area contributed by atoms with Gasteiger partial charge in [0.2, 0.25) is 15.7 Å². The number of furan rings is 1. The molecule has 0 unspecified atom stereocenters. The van der Waals surface area contributed by atoms with Gasteiger partial charge in [-0.1, -0.05) is 45.8 Å². The molecule has 1 saturated carbocycles. The number of amides is 1. The Morgan fingerprint density at radius 1 is 1.26 bits per heavy atom. The van der Waals surface area contributed by atoms with E-state index in [1.54, 1.807) is 7.05 Å². The van der Waals surface area contributed by atoms with Gasteiger partial charge in [0, 0.05) is 17.9 Å². The number of sulfonamides is 1. The highest BCUT2D eigenvalue weighted by Gasteiger charge is 2.34. The maximum atomic E-state index is 12.9. The van der Waals surface area contributed by atoms with Gasteiger partial charge in [-0.15, -0.1) is 0 Å². The van der Waals surface area contributed by atoms with E-state index >= 15 is 0 Å². The number of alkyl halides is 1. The van der Waals surface area contributed by atoms with E-state index in [0.717, 1.165) is 35.8 Å². The molecule has 0 spiro atoms. The van der Waals surface area contributed by atoms with E-state index in [2.05, 4.69) is 26.2 Å². The number of nitrogens with zero attached hydrogens (tertiary/aromatic N) is 2. The van der Waals surface area contributed by atoms with Gasteiger partial charge < -0.3 is 14.5 Å². The molecular formula is C24H28BrN3O5S. The van der Waals surface area contributed by atoms with Crippen LogP contribution in [0.4, 0.5) is 5.82 Å². The van der Waals surface area contributed by atoms with Crippen molar-refractivity contribution in [2.45, 2.75) is 25.7 Å². The molecule has 1 N–H and O–H groups in total. The summed E-state index contributed by atoms with van der Waals surface area (Å²) >= 11 is 3.30. The summed E-state index contributed by atoms with van der Waals surface area (Å²) in [4.78, 5) is 17.6. The molecule has 0 saturated heterocycles. The van der Waals surface area contributed by atoms with Crippen molar-refractivity contribution in [2.24, 2.45) is 0 Å². The summed E-state index contributed by atoms with van der Waals surface area (Å²) in [6.45, 7) is 2.84. The van der Waals surface area contributed by atoms with Crippen molar-refractivity contribution in [3.8, 4) is 11.3 Å². The van der Waals surface area contributed by atoms with E-state index in [0.29, 0.717) is 34.5 Å². The molecule has 1 fully saturated rings. The first-order valence-electron chi connectivity index (χ1n) is 11.1. The van der Waals surface area contributed by atoms with Crippen LogP contribution in [0.2, 0.25) is 0 Å². The Kier molecular flexibility index (Phi) is 7.30. The minimum absolute atomic E-state index is 0.137. The Labute approximate surface area is 207 Å². The summed E-state index contributed by atoms with van der Waals surface area (Å²) in [6.07, 6.45) is 3.04. The van der Waals surface area contributed by atoms with Gasteiger partial charge in [-0.2, -0.15) is 4.98 Å². The van der Waals surface area contributed by atoms with E-state index < -0.39 is 10.0 Å². The van der Waals surface area contributed by atoms with Crippen LogP contribution in [0, 0.1) is 6.92 Å². The van der Waals surface area contributed by atoms with Crippen molar-refractivity contribution < 1.29 is 22.4 Å². The summed E-state index contributed by atoms with van der Waals surface area (Å²) in [7, 11) is -2.05. The lowest BCUT2D eigenvalue weighted by Crippen LogP contribution is -2.34. The Hall–Kier alpha value is -2.43. The zero-order chi connectivity index (χ0) is 24.5. The number of hydrogen-bond acceptors (Lipinski definition) is 6. The van der Waals surface area contributed by atoms with Crippen LogP contribution < -0.4 is 9.62 Å². The van der Waals surface area contributed by atoms with Crippen LogP contribution in [0.15, 0.2) is 34.7 Å². The minimum atomic E-state index is -3.63. The van der Waals surface area contributed by atoms with Gasteiger partial charge >= 0.3 is 0 Å². The van der Waals surface area contributed by atoms with E-state index in [4.69, 9.17) is 9.15 Å². The number of benzene rings is 1. The highest BCUT2D eigenvalue weighted by molar-refractivity contribution is 9.09. The van der Waals surface area contributed by atoms with Crippen molar-refractivity contribution in [2.75, 3.05) is 42.7 Å². The second-order valence-corrected chi connectivity index (χ2v) is 11.1. The SMILES string of the molecule is CNC(=O)c1c(-c2ccc(C)cc2)oc2nc(N(CCOCCBr)S(C)(=O)=O)c(C3CC3)cc12. The van der Waals surface area contributed by atoms with E-state index in [1.165, 1.54) is 4.31 Å². The van der Waals surface area contributed by atoms with E-state index in [1.807, 2.05) is 37.3 Å². The summed E-state index contributed by atoms with van der Waals surface area (Å²) < 4.78 is 38.4. The van der Waals surface area contributed by atoms with Crippen molar-refractivity contribution in [1.82, 2.24) is 10.3 Å². The summed E-state index contributed by atoms with van der Waals surface area (Å²) in [5.41, 5.74) is 3.26. The molecule has 1 aliphatic rings. The molecule has 1 aromatic carbocycles. The molecule has 0 radical (unpaired) electrons. The first-order chi connectivity index (χ1) is 16.2. The van der Waals surface area contributed by atoms with Gasteiger partial charge in [0.1, 0.15) is 11.6 Å². The summed E-state index contributed by atoms with van der Waals surface area (Å²) in [5, 5.41) is 3.93. The van der Waals surface area contributed by atoms with Crippen LogP contribution >= 0.6 is 15.9 Å². The fourth-order valence-electron chi connectivity index (χ4n) is 3.92. The Bertz CT molecular complexity index is 1300. The van der Waals surface area contributed by atoms with Gasteiger partial charge in [0.25, 0.3) is 5.91 Å². The van der Waals surface area contributed by atoms with Crippen molar-refractivity contribution >= 4 is 48.8 Å². The Morgan fingerprint density at radius 2 is 1.97 bits per heavy atom.